The summed E-state index contributed by atoms with van der Waals surface area (Å²) < 4.78 is 20.5. The van der Waals surface area contributed by atoms with E-state index >= 15 is 4.39 Å². The van der Waals surface area contributed by atoms with E-state index in [-0.39, 0.29) is 24.9 Å². The molecule has 210 valence electrons. The molecule has 0 aliphatic carbocycles. The topological polar surface area (TPSA) is 94.2 Å². The van der Waals surface area contributed by atoms with E-state index in [9.17, 15) is 14.4 Å². The van der Waals surface area contributed by atoms with Crippen LogP contribution >= 0.6 is 0 Å². The molecule has 9 nitrogen and oxygen atoms in total. The quantitative estimate of drug-likeness (QED) is 0.445. The highest BCUT2D eigenvalue weighted by Gasteiger charge is 2.33. The van der Waals surface area contributed by atoms with Crippen LogP contribution in [-0.4, -0.2) is 63.3 Å². The van der Waals surface area contributed by atoms with Gasteiger partial charge in [0.2, 0.25) is 5.91 Å². The fourth-order valence-electron chi connectivity index (χ4n) is 5.45. The summed E-state index contributed by atoms with van der Waals surface area (Å²) in [5, 5.41) is 5.54. The molecule has 2 saturated heterocycles. The van der Waals surface area contributed by atoms with Gasteiger partial charge >= 0.3 is 6.09 Å². The van der Waals surface area contributed by atoms with E-state index in [4.69, 9.17) is 4.74 Å². The number of ether oxygens (including phenoxy) is 1. The Hall–Kier alpha value is -4.86. The van der Waals surface area contributed by atoms with E-state index in [0.29, 0.717) is 30.0 Å². The van der Waals surface area contributed by atoms with Gasteiger partial charge in [0.15, 0.2) is 0 Å². The van der Waals surface area contributed by atoms with Gasteiger partial charge in [0.25, 0.3) is 5.91 Å². The Morgan fingerprint density at radius 3 is 2.44 bits per heavy atom. The van der Waals surface area contributed by atoms with Gasteiger partial charge in [-0.15, -0.1) is 0 Å². The molecular weight excluding hydrogens is 525 g/mol. The number of benzene rings is 3. The summed E-state index contributed by atoms with van der Waals surface area (Å²) in [4.78, 5) is 41.5. The lowest BCUT2D eigenvalue weighted by atomic mass is 10.0. The molecule has 0 radical (unpaired) electrons. The molecule has 3 heterocycles. The third-order valence-corrected chi connectivity index (χ3v) is 7.60. The Morgan fingerprint density at radius 1 is 1.00 bits per heavy atom. The Kier molecular flexibility index (Phi) is 7.05. The third-order valence-electron chi connectivity index (χ3n) is 7.60. The minimum atomic E-state index is -0.556. The fourth-order valence-corrected chi connectivity index (χ4v) is 5.45. The number of cyclic esters (lactones) is 1. The van der Waals surface area contributed by atoms with Crippen molar-refractivity contribution in [1.82, 2.24) is 5.32 Å². The van der Waals surface area contributed by atoms with Crippen LogP contribution in [0.5, 0.6) is 0 Å². The molecule has 41 heavy (non-hydrogen) atoms. The van der Waals surface area contributed by atoms with E-state index < -0.39 is 18.0 Å². The van der Waals surface area contributed by atoms with Crippen LogP contribution in [0, 0.1) is 5.82 Å². The Labute approximate surface area is 237 Å². The van der Waals surface area contributed by atoms with E-state index in [1.165, 1.54) is 17.9 Å². The summed E-state index contributed by atoms with van der Waals surface area (Å²) in [5.74, 6) is -0.701. The number of carbonyl (C=O) groups is 3. The maximum atomic E-state index is 15.2. The minimum Gasteiger partial charge on any atom is -0.442 e. The zero-order valence-electron chi connectivity index (χ0n) is 22.6. The Bertz CT molecular complexity index is 1530. The summed E-state index contributed by atoms with van der Waals surface area (Å²) in [6.45, 7) is 4.59. The van der Waals surface area contributed by atoms with Crippen molar-refractivity contribution < 1.29 is 23.5 Å². The van der Waals surface area contributed by atoms with E-state index in [2.05, 4.69) is 15.5 Å². The number of para-hydroxylation sites is 1. The van der Waals surface area contributed by atoms with Crippen molar-refractivity contribution in [1.29, 1.82) is 0 Å². The normalized spacial score (nSPS) is 19.3. The van der Waals surface area contributed by atoms with Gasteiger partial charge in [0.1, 0.15) is 11.9 Å². The maximum Gasteiger partial charge on any atom is 0.414 e. The molecule has 0 bridgehead atoms. The second kappa shape index (κ2) is 11.0. The number of amides is 3. The Morgan fingerprint density at radius 2 is 1.71 bits per heavy atom. The van der Waals surface area contributed by atoms with Gasteiger partial charge in [-0.2, -0.15) is 0 Å². The minimum absolute atomic E-state index is 0.0989. The van der Waals surface area contributed by atoms with Gasteiger partial charge in [-0.05, 0) is 48.0 Å². The number of anilines is 4. The van der Waals surface area contributed by atoms with Crippen molar-refractivity contribution in [3.05, 3.63) is 83.7 Å². The zero-order chi connectivity index (χ0) is 28.5. The predicted octanol–water partition coefficient (Wildman–Crippen LogP) is 4.11. The molecule has 0 saturated carbocycles. The summed E-state index contributed by atoms with van der Waals surface area (Å²) in [6.07, 6.45) is 0.867. The first kappa shape index (κ1) is 26.4. The van der Waals surface area contributed by atoms with Crippen molar-refractivity contribution >= 4 is 52.3 Å². The molecule has 3 amide bonds. The number of hydrogen-bond donors (Lipinski definition) is 2. The second-order valence-electron chi connectivity index (χ2n) is 10.3. The van der Waals surface area contributed by atoms with Gasteiger partial charge in [0, 0.05) is 55.6 Å². The monoisotopic (exact) mass is 555 g/mol. The lowest BCUT2D eigenvalue weighted by Gasteiger charge is -2.37. The van der Waals surface area contributed by atoms with Crippen LogP contribution < -0.4 is 25.3 Å². The van der Waals surface area contributed by atoms with Crippen LogP contribution in [0.15, 0.2) is 66.7 Å². The van der Waals surface area contributed by atoms with E-state index in [1.54, 1.807) is 12.1 Å². The van der Waals surface area contributed by atoms with Crippen LogP contribution in [-0.2, 0) is 14.3 Å². The van der Waals surface area contributed by atoms with Gasteiger partial charge in [0.05, 0.1) is 24.5 Å². The number of nitrogens with one attached hydrogen (secondary N) is 2. The average Bonchev–Trinajstić information content (AvgIpc) is 3.51. The van der Waals surface area contributed by atoms with Gasteiger partial charge in [-0.3, -0.25) is 14.5 Å². The van der Waals surface area contributed by atoms with Crippen LogP contribution in [0.3, 0.4) is 0 Å². The molecule has 2 N–H and O–H groups in total. The largest absolute Gasteiger partial charge is 0.442 e. The van der Waals surface area contributed by atoms with Gasteiger partial charge in [-0.1, -0.05) is 30.3 Å². The summed E-state index contributed by atoms with van der Waals surface area (Å²) in [6, 6.07) is 20.6. The SMILES string of the molecule is CC(=O)NC[C@H]1CN(c2ccc(N3CCN(c4ccc(C=C5C(=O)Nc6ccccc65)cc4)CC3)c(F)c2)C(=O)O1. The summed E-state index contributed by atoms with van der Waals surface area (Å²) in [7, 11) is 0. The molecule has 3 aromatic rings. The zero-order valence-corrected chi connectivity index (χ0v) is 22.6. The number of piperazine rings is 1. The van der Waals surface area contributed by atoms with E-state index in [1.807, 2.05) is 59.5 Å². The number of fused-ring (bicyclic) bond motifs is 1. The first-order valence-corrected chi connectivity index (χ1v) is 13.6. The maximum absolute atomic E-state index is 15.2. The van der Waals surface area contributed by atoms with E-state index in [0.717, 1.165) is 35.6 Å². The first-order valence-electron chi connectivity index (χ1n) is 13.6. The summed E-state index contributed by atoms with van der Waals surface area (Å²) >= 11 is 0. The number of nitrogens with zero attached hydrogens (tertiary/aromatic N) is 3. The molecule has 10 heteroatoms. The number of halogens is 1. The summed E-state index contributed by atoms with van der Waals surface area (Å²) in [5.41, 5.74) is 5.32. The molecular formula is C31H30FN5O4. The smallest absolute Gasteiger partial charge is 0.414 e. The standard InChI is InChI=1S/C31H30FN5O4/c1-20(38)33-18-24-19-37(31(40)41-24)23-10-11-29(27(32)17-23)36-14-12-35(13-15-36)22-8-6-21(7-9-22)16-26-25-4-2-3-5-28(25)34-30(26)39/h2-11,16-17,24H,12-15,18-19H2,1H3,(H,33,38)(H,34,39)/t24-/m0/s1. The van der Waals surface area contributed by atoms with Crippen molar-refractivity contribution in [3.8, 4) is 0 Å². The highest BCUT2D eigenvalue weighted by atomic mass is 19.1. The highest BCUT2D eigenvalue weighted by molar-refractivity contribution is 6.34. The van der Waals surface area contributed by atoms with Crippen molar-refractivity contribution in [2.45, 2.75) is 13.0 Å². The number of carbonyl (C=O) groups excluding carboxylic acids is 3. The lowest BCUT2D eigenvalue weighted by Crippen LogP contribution is -2.46. The van der Waals surface area contributed by atoms with Crippen LogP contribution in [0.25, 0.3) is 11.6 Å². The fraction of sp³-hybridized carbons (Fsp3) is 0.258. The molecule has 3 aliphatic heterocycles. The van der Waals surface area contributed by atoms with Crippen molar-refractivity contribution in [2.75, 3.05) is 59.3 Å². The molecule has 3 aromatic carbocycles. The van der Waals surface area contributed by atoms with Gasteiger partial charge < -0.3 is 25.2 Å². The van der Waals surface area contributed by atoms with Crippen molar-refractivity contribution in [2.24, 2.45) is 0 Å². The molecule has 0 unspecified atom stereocenters. The molecule has 0 aromatic heterocycles. The molecule has 0 spiro atoms. The van der Waals surface area contributed by atoms with Gasteiger partial charge in [-0.25, -0.2) is 9.18 Å². The molecule has 2 fully saturated rings. The third kappa shape index (κ3) is 5.45. The van der Waals surface area contributed by atoms with Crippen LogP contribution in [0.4, 0.5) is 31.9 Å². The second-order valence-corrected chi connectivity index (χ2v) is 10.3. The van der Waals surface area contributed by atoms with Crippen molar-refractivity contribution in [3.63, 3.8) is 0 Å². The number of rotatable bonds is 6. The molecule has 6 rings (SSSR count). The predicted molar refractivity (Wildman–Crippen MR) is 157 cm³/mol. The highest BCUT2D eigenvalue weighted by Crippen LogP contribution is 2.33. The average molecular weight is 556 g/mol. The Balaban J connectivity index is 1.07. The number of hydrogen-bond acceptors (Lipinski definition) is 6. The first-order chi connectivity index (χ1) is 19.9. The molecule has 1 atom stereocenters. The molecule has 3 aliphatic rings. The van der Waals surface area contributed by atoms with Crippen LogP contribution in [0.1, 0.15) is 18.1 Å². The van der Waals surface area contributed by atoms with Crippen LogP contribution in [0.2, 0.25) is 0 Å². The lowest BCUT2D eigenvalue weighted by molar-refractivity contribution is -0.119.